The zero-order valence-corrected chi connectivity index (χ0v) is 19.0. The van der Waals surface area contributed by atoms with Crippen LogP contribution in [0.5, 0.6) is 5.75 Å². The van der Waals surface area contributed by atoms with Gasteiger partial charge in [0.05, 0.1) is 19.2 Å². The average Bonchev–Trinajstić information content (AvgIpc) is 3.64. The van der Waals surface area contributed by atoms with E-state index in [9.17, 15) is 9.18 Å². The molecule has 1 unspecified atom stereocenters. The highest BCUT2D eigenvalue weighted by Crippen LogP contribution is 2.30. The lowest BCUT2D eigenvalue weighted by Crippen LogP contribution is -2.44. The number of hydrogen-bond donors (Lipinski definition) is 2. The summed E-state index contributed by atoms with van der Waals surface area (Å²) in [7, 11) is 3.40. The Bertz CT molecular complexity index is 918. The number of halogens is 1. The van der Waals surface area contributed by atoms with Gasteiger partial charge in [0, 0.05) is 39.0 Å². The molecule has 0 bridgehead atoms. The summed E-state index contributed by atoms with van der Waals surface area (Å²) < 4.78 is 19.9. The molecule has 7 nitrogen and oxygen atoms in total. The number of carbonyl (C=O) groups excluding carboxylic acids is 1. The number of aliphatic imine (C=N–C) groups is 1. The van der Waals surface area contributed by atoms with Crippen molar-refractivity contribution in [1.29, 1.82) is 0 Å². The van der Waals surface area contributed by atoms with E-state index in [4.69, 9.17) is 4.74 Å². The van der Waals surface area contributed by atoms with Crippen molar-refractivity contribution in [3.05, 3.63) is 59.7 Å². The molecule has 1 atom stereocenters. The van der Waals surface area contributed by atoms with Gasteiger partial charge in [0.15, 0.2) is 17.5 Å². The second-order valence-electron chi connectivity index (χ2n) is 8.12. The molecule has 0 spiro atoms. The minimum Gasteiger partial charge on any atom is -0.490 e. The first-order valence-electron chi connectivity index (χ1n) is 11.0. The van der Waals surface area contributed by atoms with Crippen LogP contribution in [0.25, 0.3) is 0 Å². The Labute approximate surface area is 189 Å². The van der Waals surface area contributed by atoms with Gasteiger partial charge in [-0.25, -0.2) is 4.39 Å². The summed E-state index contributed by atoms with van der Waals surface area (Å²) in [4.78, 5) is 22.5. The summed E-state index contributed by atoms with van der Waals surface area (Å²) in [5.41, 5.74) is 1.71. The van der Waals surface area contributed by atoms with Crippen molar-refractivity contribution in [1.82, 2.24) is 20.5 Å². The summed E-state index contributed by atoms with van der Waals surface area (Å²) in [6.07, 6.45) is 4.76. The van der Waals surface area contributed by atoms with Gasteiger partial charge >= 0.3 is 0 Å². The fourth-order valence-electron chi connectivity index (χ4n) is 3.13. The highest BCUT2D eigenvalue weighted by molar-refractivity contribution is 5.86. The summed E-state index contributed by atoms with van der Waals surface area (Å²) in [6, 6.07) is 10.5. The van der Waals surface area contributed by atoms with Crippen LogP contribution >= 0.6 is 0 Å². The lowest BCUT2D eigenvalue weighted by atomic mass is 10.1. The summed E-state index contributed by atoms with van der Waals surface area (Å²) >= 11 is 0. The fourth-order valence-corrected chi connectivity index (χ4v) is 3.13. The summed E-state index contributed by atoms with van der Waals surface area (Å²) in [5.74, 6) is 0.901. The second-order valence-corrected chi connectivity index (χ2v) is 8.12. The third-order valence-corrected chi connectivity index (χ3v) is 5.47. The Balaban J connectivity index is 1.44. The van der Waals surface area contributed by atoms with E-state index in [1.165, 1.54) is 6.07 Å². The van der Waals surface area contributed by atoms with E-state index in [1.807, 2.05) is 31.2 Å². The Morgan fingerprint density at radius 2 is 2.16 bits per heavy atom. The number of amides is 1. The zero-order chi connectivity index (χ0) is 22.9. The van der Waals surface area contributed by atoms with Crippen LogP contribution in [-0.4, -0.2) is 55.5 Å². The second kappa shape index (κ2) is 11.5. The largest absolute Gasteiger partial charge is 0.490 e. The molecule has 3 rings (SSSR count). The third kappa shape index (κ3) is 7.21. The van der Waals surface area contributed by atoms with E-state index < -0.39 is 0 Å². The van der Waals surface area contributed by atoms with Gasteiger partial charge in [0.2, 0.25) is 5.91 Å². The number of hydrogen-bond acceptors (Lipinski definition) is 4. The normalized spacial score (nSPS) is 14.6. The molecule has 0 aliphatic heterocycles. The molecule has 1 aromatic heterocycles. The van der Waals surface area contributed by atoms with Gasteiger partial charge in [-0.15, -0.1) is 0 Å². The SMILES string of the molecule is CN=C(NCC(=O)N(C)CCc1ccccn1)NC(C)c1ccc(OCC2CC2)c(F)c1. The van der Waals surface area contributed by atoms with Gasteiger partial charge in [-0.2, -0.15) is 0 Å². The maximum Gasteiger partial charge on any atom is 0.241 e. The smallest absolute Gasteiger partial charge is 0.241 e. The minimum atomic E-state index is -0.371. The van der Waals surface area contributed by atoms with Crippen LogP contribution in [0.3, 0.4) is 0 Å². The molecular formula is C24H32FN5O2. The molecule has 32 heavy (non-hydrogen) atoms. The van der Waals surface area contributed by atoms with Gasteiger partial charge in [0.25, 0.3) is 0 Å². The molecule has 1 aromatic carbocycles. The predicted octanol–water partition coefficient (Wildman–Crippen LogP) is 2.94. The number of nitrogens with one attached hydrogen (secondary N) is 2. The number of aromatic nitrogens is 1. The number of benzene rings is 1. The first-order valence-corrected chi connectivity index (χ1v) is 11.0. The summed E-state index contributed by atoms with van der Waals surface area (Å²) in [6.45, 7) is 3.17. The molecule has 2 aromatic rings. The lowest BCUT2D eigenvalue weighted by molar-refractivity contribution is -0.128. The van der Waals surface area contributed by atoms with Gasteiger partial charge in [-0.3, -0.25) is 14.8 Å². The van der Waals surface area contributed by atoms with E-state index >= 15 is 0 Å². The van der Waals surface area contributed by atoms with Crippen molar-refractivity contribution < 1.29 is 13.9 Å². The zero-order valence-electron chi connectivity index (χ0n) is 19.0. The Morgan fingerprint density at radius 1 is 1.34 bits per heavy atom. The molecule has 2 N–H and O–H groups in total. The van der Waals surface area contributed by atoms with Crippen molar-refractivity contribution in [2.24, 2.45) is 10.9 Å². The standard InChI is InChI=1S/C24H32FN5O2/c1-17(19-9-10-22(21(25)14-19)32-16-18-7-8-18)29-24(26-2)28-15-23(31)30(3)13-11-20-6-4-5-12-27-20/h4-6,9-10,12,14,17-18H,7-8,11,13,15-16H2,1-3H3,(H2,26,28,29). The molecular weight excluding hydrogens is 409 g/mol. The molecule has 1 aliphatic carbocycles. The number of likely N-dealkylation sites (N-methyl/N-ethyl adjacent to an activating group) is 1. The Kier molecular flexibility index (Phi) is 8.41. The van der Waals surface area contributed by atoms with Gasteiger partial charge in [0.1, 0.15) is 0 Å². The van der Waals surface area contributed by atoms with Crippen LogP contribution < -0.4 is 15.4 Å². The number of pyridine rings is 1. The van der Waals surface area contributed by atoms with E-state index in [2.05, 4.69) is 20.6 Å². The molecule has 1 fully saturated rings. The molecule has 8 heteroatoms. The number of nitrogens with zero attached hydrogens (tertiary/aromatic N) is 3. The molecule has 1 amide bonds. The highest BCUT2D eigenvalue weighted by atomic mass is 19.1. The van der Waals surface area contributed by atoms with E-state index in [0.29, 0.717) is 31.4 Å². The highest BCUT2D eigenvalue weighted by Gasteiger charge is 2.22. The van der Waals surface area contributed by atoms with E-state index in [0.717, 1.165) is 24.1 Å². The molecule has 0 saturated heterocycles. The van der Waals surface area contributed by atoms with Crippen molar-refractivity contribution in [2.75, 3.05) is 33.8 Å². The first kappa shape index (κ1) is 23.5. The van der Waals surface area contributed by atoms with Crippen molar-refractivity contribution in [2.45, 2.75) is 32.2 Å². The number of carbonyl (C=O) groups is 1. The van der Waals surface area contributed by atoms with Crippen LogP contribution in [0, 0.1) is 11.7 Å². The van der Waals surface area contributed by atoms with Gasteiger partial charge in [-0.1, -0.05) is 12.1 Å². The van der Waals surface area contributed by atoms with Crippen LogP contribution in [0.2, 0.25) is 0 Å². The van der Waals surface area contributed by atoms with Crippen molar-refractivity contribution in [3.63, 3.8) is 0 Å². The monoisotopic (exact) mass is 441 g/mol. The maximum atomic E-state index is 14.4. The van der Waals surface area contributed by atoms with E-state index in [1.54, 1.807) is 31.3 Å². The molecule has 1 saturated carbocycles. The third-order valence-electron chi connectivity index (χ3n) is 5.47. The van der Waals surface area contributed by atoms with Crippen LogP contribution in [0.1, 0.15) is 37.1 Å². The van der Waals surface area contributed by atoms with Crippen LogP contribution in [0.4, 0.5) is 4.39 Å². The average molecular weight is 442 g/mol. The Hall–Kier alpha value is -3.16. The maximum absolute atomic E-state index is 14.4. The number of rotatable bonds is 10. The Morgan fingerprint density at radius 3 is 2.81 bits per heavy atom. The van der Waals surface area contributed by atoms with Gasteiger partial charge in [-0.05, 0) is 55.5 Å². The molecule has 1 heterocycles. The summed E-state index contributed by atoms with van der Waals surface area (Å²) in [5, 5.41) is 6.22. The van der Waals surface area contributed by atoms with Crippen LogP contribution in [0.15, 0.2) is 47.6 Å². The predicted molar refractivity (Wildman–Crippen MR) is 123 cm³/mol. The quantitative estimate of drug-likeness (QED) is 0.438. The van der Waals surface area contributed by atoms with E-state index in [-0.39, 0.29) is 30.1 Å². The molecule has 1 aliphatic rings. The van der Waals surface area contributed by atoms with Crippen molar-refractivity contribution in [3.8, 4) is 5.75 Å². The van der Waals surface area contributed by atoms with Crippen LogP contribution in [-0.2, 0) is 11.2 Å². The molecule has 0 radical (unpaired) electrons. The topological polar surface area (TPSA) is 78.9 Å². The lowest BCUT2D eigenvalue weighted by Gasteiger charge is -2.21. The van der Waals surface area contributed by atoms with Gasteiger partial charge < -0.3 is 20.3 Å². The molecule has 172 valence electrons. The van der Waals surface area contributed by atoms with Crippen molar-refractivity contribution >= 4 is 11.9 Å². The number of ether oxygens (including phenoxy) is 1. The number of guanidine groups is 1. The minimum absolute atomic E-state index is 0.0558. The fraction of sp³-hybridized carbons (Fsp3) is 0.458. The first-order chi connectivity index (χ1) is 15.5.